The lowest BCUT2D eigenvalue weighted by Crippen LogP contribution is -2.30. The molecule has 0 heterocycles. The third kappa shape index (κ3) is 3.56. The highest BCUT2D eigenvalue weighted by Gasteiger charge is 2.36. The molecule has 0 aliphatic heterocycles. The van der Waals surface area contributed by atoms with Crippen LogP contribution in [0.4, 0.5) is 4.39 Å². The fraction of sp³-hybridized carbons (Fsp3) is 0.611. The Morgan fingerprint density at radius 3 is 2.52 bits per heavy atom. The standard InChI is InChI=1S/C18H24FNO/c1-13(2)15-6-8-18(12-20,9-7-15)11-14-4-5-17(21-3)16(19)10-14/h4-5,10,13,15H,6-9,11H2,1-3H3. The maximum absolute atomic E-state index is 13.8. The van der Waals surface area contributed by atoms with Gasteiger partial charge in [0.05, 0.1) is 18.6 Å². The summed E-state index contributed by atoms with van der Waals surface area (Å²) in [5.74, 6) is 1.31. The van der Waals surface area contributed by atoms with Gasteiger partial charge in [-0.1, -0.05) is 19.9 Å². The largest absolute Gasteiger partial charge is 0.494 e. The summed E-state index contributed by atoms with van der Waals surface area (Å²) in [5.41, 5.74) is 0.560. The molecule has 1 aliphatic carbocycles. The number of benzene rings is 1. The summed E-state index contributed by atoms with van der Waals surface area (Å²) < 4.78 is 18.7. The van der Waals surface area contributed by atoms with Crippen molar-refractivity contribution < 1.29 is 9.13 Å². The third-order valence-electron chi connectivity index (χ3n) is 4.93. The Balaban J connectivity index is 2.10. The van der Waals surface area contributed by atoms with Gasteiger partial charge in [0.25, 0.3) is 0 Å². The van der Waals surface area contributed by atoms with E-state index in [0.29, 0.717) is 12.3 Å². The van der Waals surface area contributed by atoms with E-state index >= 15 is 0 Å². The number of methoxy groups -OCH3 is 1. The molecule has 1 fully saturated rings. The zero-order chi connectivity index (χ0) is 15.5. The number of nitrogens with zero attached hydrogens (tertiary/aromatic N) is 1. The van der Waals surface area contributed by atoms with Crippen molar-refractivity contribution in [3.05, 3.63) is 29.6 Å². The molecule has 0 saturated heterocycles. The van der Waals surface area contributed by atoms with E-state index in [-0.39, 0.29) is 17.0 Å². The Labute approximate surface area is 126 Å². The topological polar surface area (TPSA) is 33.0 Å². The fourth-order valence-corrected chi connectivity index (χ4v) is 3.40. The van der Waals surface area contributed by atoms with Crippen molar-refractivity contribution in [3.8, 4) is 11.8 Å². The highest BCUT2D eigenvalue weighted by Crippen LogP contribution is 2.43. The van der Waals surface area contributed by atoms with Crippen molar-refractivity contribution in [2.75, 3.05) is 7.11 Å². The van der Waals surface area contributed by atoms with Crippen molar-refractivity contribution in [3.63, 3.8) is 0 Å². The van der Waals surface area contributed by atoms with E-state index in [2.05, 4.69) is 19.9 Å². The smallest absolute Gasteiger partial charge is 0.165 e. The van der Waals surface area contributed by atoms with Crippen molar-refractivity contribution >= 4 is 0 Å². The van der Waals surface area contributed by atoms with Crippen LogP contribution >= 0.6 is 0 Å². The highest BCUT2D eigenvalue weighted by atomic mass is 19.1. The maximum atomic E-state index is 13.8. The minimum absolute atomic E-state index is 0.258. The zero-order valence-corrected chi connectivity index (χ0v) is 13.2. The van der Waals surface area contributed by atoms with E-state index in [4.69, 9.17) is 4.74 Å². The molecule has 2 nitrogen and oxygen atoms in total. The van der Waals surface area contributed by atoms with Gasteiger partial charge in [-0.05, 0) is 61.6 Å². The van der Waals surface area contributed by atoms with Gasteiger partial charge in [0.15, 0.2) is 11.6 Å². The molecule has 21 heavy (non-hydrogen) atoms. The Morgan fingerprint density at radius 2 is 2.05 bits per heavy atom. The van der Waals surface area contributed by atoms with Gasteiger partial charge in [-0.2, -0.15) is 5.26 Å². The van der Waals surface area contributed by atoms with E-state index in [1.165, 1.54) is 13.2 Å². The second kappa shape index (κ2) is 6.47. The van der Waals surface area contributed by atoms with Crippen LogP contribution in [0.25, 0.3) is 0 Å². The molecule has 0 atom stereocenters. The lowest BCUT2D eigenvalue weighted by Gasteiger charge is -2.36. The number of nitriles is 1. The van der Waals surface area contributed by atoms with E-state index < -0.39 is 0 Å². The van der Waals surface area contributed by atoms with Gasteiger partial charge in [0, 0.05) is 0 Å². The third-order valence-corrected chi connectivity index (χ3v) is 4.93. The molecule has 2 rings (SSSR count). The van der Waals surface area contributed by atoms with Crippen LogP contribution in [-0.4, -0.2) is 7.11 Å². The van der Waals surface area contributed by atoms with E-state index in [1.54, 1.807) is 6.07 Å². The average Bonchev–Trinajstić information content (AvgIpc) is 2.48. The molecule has 3 heteroatoms. The molecule has 1 aliphatic rings. The van der Waals surface area contributed by atoms with Crippen molar-refractivity contribution in [2.45, 2.75) is 46.0 Å². The number of ether oxygens (including phenoxy) is 1. The summed E-state index contributed by atoms with van der Waals surface area (Å²) in [6.07, 6.45) is 4.67. The van der Waals surface area contributed by atoms with Crippen molar-refractivity contribution in [1.29, 1.82) is 5.26 Å². The molecule has 1 aromatic carbocycles. The van der Waals surface area contributed by atoms with E-state index in [0.717, 1.165) is 37.2 Å². The second-order valence-corrected chi connectivity index (χ2v) is 6.62. The number of rotatable bonds is 4. The lowest BCUT2D eigenvalue weighted by atomic mass is 9.66. The second-order valence-electron chi connectivity index (χ2n) is 6.62. The maximum Gasteiger partial charge on any atom is 0.165 e. The minimum atomic E-state index is -0.348. The summed E-state index contributed by atoms with van der Waals surface area (Å²) in [4.78, 5) is 0. The van der Waals surface area contributed by atoms with Gasteiger partial charge in [-0.3, -0.25) is 0 Å². The van der Waals surface area contributed by atoms with Crippen LogP contribution in [0.5, 0.6) is 5.75 Å². The average molecular weight is 289 g/mol. The van der Waals surface area contributed by atoms with Crippen LogP contribution in [0.1, 0.15) is 45.1 Å². The molecule has 0 spiro atoms. The number of hydrogen-bond acceptors (Lipinski definition) is 2. The normalized spacial score (nSPS) is 25.6. The summed E-state index contributed by atoms with van der Waals surface area (Å²) in [6.45, 7) is 4.51. The molecular formula is C18H24FNO. The van der Waals surface area contributed by atoms with Crippen LogP contribution in [0, 0.1) is 34.4 Å². The monoisotopic (exact) mass is 289 g/mol. The lowest BCUT2D eigenvalue weighted by molar-refractivity contribution is 0.175. The molecule has 114 valence electrons. The first kappa shape index (κ1) is 15.8. The van der Waals surface area contributed by atoms with Crippen LogP contribution in [0.2, 0.25) is 0 Å². The molecular weight excluding hydrogens is 265 g/mol. The molecule has 0 N–H and O–H groups in total. The van der Waals surface area contributed by atoms with Gasteiger partial charge in [0.1, 0.15) is 0 Å². The quantitative estimate of drug-likeness (QED) is 0.802. The van der Waals surface area contributed by atoms with Crippen molar-refractivity contribution in [2.24, 2.45) is 17.3 Å². The van der Waals surface area contributed by atoms with Gasteiger partial charge in [-0.25, -0.2) is 4.39 Å². The highest BCUT2D eigenvalue weighted by molar-refractivity contribution is 5.30. The van der Waals surface area contributed by atoms with Crippen LogP contribution in [-0.2, 0) is 6.42 Å². The summed E-state index contributed by atoms with van der Waals surface area (Å²) in [6, 6.07) is 7.55. The van der Waals surface area contributed by atoms with Gasteiger partial charge < -0.3 is 4.74 Å². The van der Waals surface area contributed by atoms with Gasteiger partial charge >= 0.3 is 0 Å². The van der Waals surface area contributed by atoms with Crippen LogP contribution < -0.4 is 4.74 Å². The SMILES string of the molecule is COc1ccc(CC2(C#N)CCC(C(C)C)CC2)cc1F. The summed E-state index contributed by atoms with van der Waals surface area (Å²) >= 11 is 0. The van der Waals surface area contributed by atoms with Crippen LogP contribution in [0.15, 0.2) is 18.2 Å². The van der Waals surface area contributed by atoms with Crippen LogP contribution in [0.3, 0.4) is 0 Å². The molecule has 0 radical (unpaired) electrons. The first-order valence-corrected chi connectivity index (χ1v) is 7.73. The summed E-state index contributed by atoms with van der Waals surface area (Å²) in [7, 11) is 1.46. The van der Waals surface area contributed by atoms with E-state index in [1.807, 2.05) is 6.07 Å². The molecule has 0 aromatic heterocycles. The number of hydrogen-bond donors (Lipinski definition) is 0. The van der Waals surface area contributed by atoms with E-state index in [9.17, 15) is 9.65 Å². The molecule has 0 amide bonds. The molecule has 0 unspecified atom stereocenters. The Kier molecular flexibility index (Phi) is 4.88. The zero-order valence-electron chi connectivity index (χ0n) is 13.2. The first-order valence-electron chi connectivity index (χ1n) is 7.73. The fourth-order valence-electron chi connectivity index (χ4n) is 3.40. The predicted molar refractivity (Wildman–Crippen MR) is 81.5 cm³/mol. The van der Waals surface area contributed by atoms with Crippen molar-refractivity contribution in [1.82, 2.24) is 0 Å². The molecule has 1 saturated carbocycles. The summed E-state index contributed by atoms with van der Waals surface area (Å²) in [5, 5.41) is 9.63. The van der Waals surface area contributed by atoms with Gasteiger partial charge in [0.2, 0.25) is 0 Å². The Hall–Kier alpha value is -1.56. The molecule has 1 aromatic rings. The number of halogens is 1. The molecule has 0 bridgehead atoms. The predicted octanol–water partition coefficient (Wildman–Crippen LogP) is 4.73. The Morgan fingerprint density at radius 1 is 1.38 bits per heavy atom. The van der Waals surface area contributed by atoms with Gasteiger partial charge in [-0.15, -0.1) is 0 Å². The first-order chi connectivity index (χ1) is 9.99. The Bertz CT molecular complexity index is 525. The minimum Gasteiger partial charge on any atom is -0.494 e.